The van der Waals surface area contributed by atoms with Gasteiger partial charge in [-0.15, -0.1) is 0 Å². The van der Waals surface area contributed by atoms with E-state index in [9.17, 15) is 4.39 Å². The van der Waals surface area contributed by atoms with Gasteiger partial charge in [-0.3, -0.25) is 0 Å². The minimum atomic E-state index is -0.151. The normalized spacial score (nSPS) is 30.3. The summed E-state index contributed by atoms with van der Waals surface area (Å²) in [6.45, 7) is 0. The first-order valence-electron chi connectivity index (χ1n) is 6.16. The van der Waals surface area contributed by atoms with Gasteiger partial charge >= 0.3 is 0 Å². The molecule has 2 aliphatic rings. The number of halogens is 1. The van der Waals surface area contributed by atoms with Gasteiger partial charge in [0.2, 0.25) is 0 Å². The highest BCUT2D eigenvalue weighted by atomic mass is 19.1. The van der Waals surface area contributed by atoms with Gasteiger partial charge in [0.05, 0.1) is 0 Å². The molecule has 1 aromatic carbocycles. The van der Waals surface area contributed by atoms with Crippen molar-refractivity contribution in [3.63, 3.8) is 0 Å². The molecule has 1 saturated carbocycles. The van der Waals surface area contributed by atoms with E-state index in [0.29, 0.717) is 12.1 Å². The minimum Gasteiger partial charge on any atom is -0.307 e. The average Bonchev–Trinajstić information content (AvgIpc) is 3.14. The summed E-state index contributed by atoms with van der Waals surface area (Å²) >= 11 is 0. The molecule has 3 rings (SSSR count). The predicted octanol–water partition coefficient (Wildman–Crippen LogP) is 3.23. The van der Waals surface area contributed by atoms with E-state index in [-0.39, 0.29) is 5.82 Å². The molecule has 0 amide bonds. The molecule has 85 valence electrons. The first-order chi connectivity index (χ1) is 7.83. The van der Waals surface area contributed by atoms with E-state index in [1.165, 1.54) is 24.8 Å². The first-order valence-corrected chi connectivity index (χ1v) is 6.16. The van der Waals surface area contributed by atoms with Crippen LogP contribution in [-0.4, -0.2) is 6.04 Å². The highest BCUT2D eigenvalue weighted by Crippen LogP contribution is 2.38. The third-order valence-electron chi connectivity index (χ3n) is 3.70. The summed E-state index contributed by atoms with van der Waals surface area (Å²) in [6, 6.07) is 7.95. The zero-order valence-electron chi connectivity index (χ0n) is 9.33. The first kappa shape index (κ1) is 10.3. The fourth-order valence-electron chi connectivity index (χ4n) is 2.59. The molecule has 1 aliphatic carbocycles. The van der Waals surface area contributed by atoms with Crippen LogP contribution in [0, 0.1) is 18.2 Å². The summed E-state index contributed by atoms with van der Waals surface area (Å²) in [5.41, 5.74) is 1.21. The van der Waals surface area contributed by atoms with Crippen LogP contribution in [0.25, 0.3) is 0 Å². The van der Waals surface area contributed by atoms with Crippen molar-refractivity contribution in [1.82, 2.24) is 5.32 Å². The Kier molecular flexibility index (Phi) is 2.68. The van der Waals surface area contributed by atoms with Crippen LogP contribution >= 0.6 is 0 Å². The number of nitrogens with one attached hydrogen (secondary N) is 1. The quantitative estimate of drug-likeness (QED) is 0.803. The molecule has 0 aromatic heterocycles. The van der Waals surface area contributed by atoms with Crippen molar-refractivity contribution in [2.45, 2.75) is 37.8 Å². The van der Waals surface area contributed by atoms with E-state index in [4.69, 9.17) is 0 Å². The van der Waals surface area contributed by atoms with Gasteiger partial charge in [0.15, 0.2) is 0 Å². The molecule has 1 aliphatic heterocycles. The van der Waals surface area contributed by atoms with E-state index >= 15 is 0 Å². The van der Waals surface area contributed by atoms with Crippen LogP contribution in [0.4, 0.5) is 4.39 Å². The molecule has 1 heterocycles. The number of piperidine rings is 1. The number of hydrogen-bond donors (Lipinski definition) is 1. The standard InChI is InChI=1S/C14H17FN/c15-12-8-6-11(7-9-12)14-3-1-2-13(16-14)10-4-5-10/h1,6-10,13-14,16H,2-5H2. The van der Waals surface area contributed by atoms with Crippen molar-refractivity contribution < 1.29 is 4.39 Å². The summed E-state index contributed by atoms with van der Waals surface area (Å²) in [6.07, 6.45) is 7.40. The van der Waals surface area contributed by atoms with Crippen LogP contribution in [-0.2, 0) is 0 Å². The smallest absolute Gasteiger partial charge is 0.123 e. The monoisotopic (exact) mass is 218 g/mol. The van der Waals surface area contributed by atoms with Gasteiger partial charge in [-0.2, -0.15) is 0 Å². The Balaban J connectivity index is 1.71. The van der Waals surface area contributed by atoms with E-state index in [0.717, 1.165) is 12.3 Å². The van der Waals surface area contributed by atoms with E-state index in [1.54, 1.807) is 12.1 Å². The maximum atomic E-state index is 12.8. The Bertz CT molecular complexity index is 356. The highest BCUT2D eigenvalue weighted by Gasteiger charge is 2.34. The lowest BCUT2D eigenvalue weighted by atomic mass is 9.91. The van der Waals surface area contributed by atoms with Crippen LogP contribution in [0.2, 0.25) is 0 Å². The molecule has 2 atom stereocenters. The zero-order chi connectivity index (χ0) is 11.0. The summed E-state index contributed by atoms with van der Waals surface area (Å²) in [4.78, 5) is 0. The van der Waals surface area contributed by atoms with E-state index in [2.05, 4.69) is 11.7 Å². The Labute approximate surface area is 96.1 Å². The third kappa shape index (κ3) is 2.12. The topological polar surface area (TPSA) is 12.0 Å². The maximum Gasteiger partial charge on any atom is 0.123 e. The molecule has 16 heavy (non-hydrogen) atoms. The van der Waals surface area contributed by atoms with Gasteiger partial charge in [-0.1, -0.05) is 12.1 Å². The Morgan fingerprint density at radius 1 is 1.06 bits per heavy atom. The van der Waals surface area contributed by atoms with Gasteiger partial charge in [-0.05, 0) is 55.7 Å². The molecule has 1 saturated heterocycles. The Morgan fingerprint density at radius 2 is 1.81 bits per heavy atom. The van der Waals surface area contributed by atoms with Crippen LogP contribution in [0.5, 0.6) is 0 Å². The largest absolute Gasteiger partial charge is 0.307 e. The lowest BCUT2D eigenvalue weighted by molar-refractivity contribution is 0.346. The van der Waals surface area contributed by atoms with Crippen LogP contribution in [0.3, 0.4) is 0 Å². The molecule has 2 unspecified atom stereocenters. The van der Waals surface area contributed by atoms with Crippen LogP contribution in [0.1, 0.15) is 37.3 Å². The van der Waals surface area contributed by atoms with Crippen LogP contribution in [0.15, 0.2) is 24.3 Å². The van der Waals surface area contributed by atoms with Gasteiger partial charge in [-0.25, -0.2) is 4.39 Å². The third-order valence-corrected chi connectivity index (χ3v) is 3.70. The van der Waals surface area contributed by atoms with E-state index in [1.807, 2.05) is 12.1 Å². The Hall–Kier alpha value is -0.890. The molecule has 2 fully saturated rings. The second kappa shape index (κ2) is 4.17. The SMILES string of the molecule is Fc1ccc(C2C[CH]CC(C3CC3)N2)cc1. The van der Waals surface area contributed by atoms with Crippen molar-refractivity contribution in [2.24, 2.45) is 5.92 Å². The fraction of sp³-hybridized carbons (Fsp3) is 0.500. The molecule has 2 heteroatoms. The molecule has 0 bridgehead atoms. The van der Waals surface area contributed by atoms with Gasteiger partial charge in [0.1, 0.15) is 5.82 Å². The second-order valence-electron chi connectivity index (χ2n) is 4.97. The van der Waals surface area contributed by atoms with Gasteiger partial charge in [0.25, 0.3) is 0 Å². The molecular weight excluding hydrogens is 201 g/mol. The molecule has 1 aromatic rings. The van der Waals surface area contributed by atoms with Crippen molar-refractivity contribution in [2.75, 3.05) is 0 Å². The molecule has 0 spiro atoms. The zero-order valence-corrected chi connectivity index (χ0v) is 9.33. The van der Waals surface area contributed by atoms with Crippen molar-refractivity contribution in [1.29, 1.82) is 0 Å². The Morgan fingerprint density at radius 3 is 2.50 bits per heavy atom. The van der Waals surface area contributed by atoms with Crippen molar-refractivity contribution >= 4 is 0 Å². The molecule has 1 radical (unpaired) electrons. The average molecular weight is 218 g/mol. The fourth-order valence-corrected chi connectivity index (χ4v) is 2.59. The second-order valence-corrected chi connectivity index (χ2v) is 4.97. The lowest BCUT2D eigenvalue weighted by Gasteiger charge is -2.31. The number of hydrogen-bond acceptors (Lipinski definition) is 1. The van der Waals surface area contributed by atoms with Crippen LogP contribution < -0.4 is 5.32 Å². The lowest BCUT2D eigenvalue weighted by Crippen LogP contribution is -2.38. The van der Waals surface area contributed by atoms with E-state index < -0.39 is 0 Å². The predicted molar refractivity (Wildman–Crippen MR) is 62.3 cm³/mol. The minimum absolute atomic E-state index is 0.151. The molecular formula is C14H17FN. The summed E-state index contributed by atoms with van der Waals surface area (Å²) in [5, 5.41) is 3.70. The number of benzene rings is 1. The van der Waals surface area contributed by atoms with Crippen molar-refractivity contribution in [3.8, 4) is 0 Å². The highest BCUT2D eigenvalue weighted by molar-refractivity contribution is 5.21. The van der Waals surface area contributed by atoms with Gasteiger partial charge in [0, 0.05) is 12.1 Å². The molecule has 1 N–H and O–H groups in total. The maximum absolute atomic E-state index is 12.8. The molecule has 1 nitrogen and oxygen atoms in total. The summed E-state index contributed by atoms with van der Waals surface area (Å²) in [7, 11) is 0. The van der Waals surface area contributed by atoms with Crippen molar-refractivity contribution in [3.05, 3.63) is 42.1 Å². The summed E-state index contributed by atoms with van der Waals surface area (Å²) < 4.78 is 12.8. The van der Waals surface area contributed by atoms with Gasteiger partial charge < -0.3 is 5.32 Å². The summed E-state index contributed by atoms with van der Waals surface area (Å²) in [5.74, 6) is 0.738. The number of rotatable bonds is 2.